The van der Waals surface area contributed by atoms with Crippen molar-refractivity contribution >= 4 is 15.9 Å². The highest BCUT2D eigenvalue weighted by Gasteiger charge is 2.30. The summed E-state index contributed by atoms with van der Waals surface area (Å²) in [7, 11) is 0. The molecule has 3 atom stereocenters. The van der Waals surface area contributed by atoms with Gasteiger partial charge in [-0.15, -0.1) is 0 Å². The molecule has 114 valence electrons. The Bertz CT molecular complexity index is 214. The Morgan fingerprint density at radius 3 is 2.32 bits per heavy atom. The summed E-state index contributed by atoms with van der Waals surface area (Å²) in [5.41, 5.74) is 0. The molecule has 0 aliphatic carbocycles. The summed E-state index contributed by atoms with van der Waals surface area (Å²) in [5.74, 6) is 0. The van der Waals surface area contributed by atoms with Crippen LogP contribution in [0.2, 0.25) is 0 Å². The van der Waals surface area contributed by atoms with Gasteiger partial charge in [0.15, 0.2) is 6.29 Å². The highest BCUT2D eigenvalue weighted by atomic mass is 79.9. The average Bonchev–Trinajstić information content (AvgIpc) is 2.90. The number of ether oxygens (including phenoxy) is 2. The first kappa shape index (κ1) is 17.4. The molecular weight excluding hydrogens is 308 g/mol. The van der Waals surface area contributed by atoms with Crippen molar-refractivity contribution in [3.8, 4) is 0 Å². The normalized spacial score (nSPS) is 24.8. The fraction of sp³-hybridized carbons (Fsp3) is 1.00. The zero-order valence-corrected chi connectivity index (χ0v) is 13.7. The van der Waals surface area contributed by atoms with Crippen LogP contribution in [0.3, 0.4) is 0 Å². The molecule has 0 aromatic carbocycles. The lowest BCUT2D eigenvalue weighted by molar-refractivity contribution is -0.0646. The molecule has 1 saturated heterocycles. The number of alkyl halides is 1. The van der Waals surface area contributed by atoms with E-state index in [4.69, 9.17) is 14.6 Å². The van der Waals surface area contributed by atoms with Gasteiger partial charge in [-0.25, -0.2) is 0 Å². The third kappa shape index (κ3) is 7.64. The molecule has 19 heavy (non-hydrogen) atoms. The van der Waals surface area contributed by atoms with Crippen LogP contribution in [0.1, 0.15) is 64.7 Å². The minimum Gasteiger partial charge on any atom is -0.394 e. The number of hydrogen-bond donors (Lipinski definition) is 1. The van der Waals surface area contributed by atoms with Crippen molar-refractivity contribution in [2.75, 3.05) is 13.2 Å². The van der Waals surface area contributed by atoms with Crippen LogP contribution in [0.15, 0.2) is 0 Å². The van der Waals surface area contributed by atoms with Gasteiger partial charge in [0.25, 0.3) is 0 Å². The van der Waals surface area contributed by atoms with E-state index < -0.39 is 0 Å². The molecule has 1 heterocycles. The molecule has 0 amide bonds. The van der Waals surface area contributed by atoms with Crippen LogP contribution < -0.4 is 0 Å². The summed E-state index contributed by atoms with van der Waals surface area (Å²) in [6.07, 6.45) is 11.5. The first-order valence-electron chi connectivity index (χ1n) is 7.80. The summed E-state index contributed by atoms with van der Waals surface area (Å²) in [5, 5.41) is 8.98. The minimum atomic E-state index is -0.179. The standard InChI is InChI=1S/C15H29BrO3/c1-2-3-4-5-6-7-8-9-10-14(16)15-18-12-13(11-17)19-15/h13-15,17H,2-12H2,1H3. The summed E-state index contributed by atoms with van der Waals surface area (Å²) < 4.78 is 11.1. The van der Waals surface area contributed by atoms with Crippen LogP contribution in [0, 0.1) is 0 Å². The van der Waals surface area contributed by atoms with Crippen LogP contribution in [-0.2, 0) is 9.47 Å². The van der Waals surface area contributed by atoms with Crippen LogP contribution in [-0.4, -0.2) is 35.5 Å². The first-order valence-corrected chi connectivity index (χ1v) is 8.71. The topological polar surface area (TPSA) is 38.7 Å². The van der Waals surface area contributed by atoms with E-state index in [0.717, 1.165) is 6.42 Å². The molecule has 0 aromatic rings. The smallest absolute Gasteiger partial charge is 0.170 e. The van der Waals surface area contributed by atoms with E-state index in [-0.39, 0.29) is 23.8 Å². The Hall–Kier alpha value is 0.360. The molecule has 0 spiro atoms. The van der Waals surface area contributed by atoms with Gasteiger partial charge < -0.3 is 14.6 Å². The van der Waals surface area contributed by atoms with Crippen LogP contribution in [0.4, 0.5) is 0 Å². The first-order chi connectivity index (χ1) is 9.27. The van der Waals surface area contributed by atoms with Crippen LogP contribution in [0.5, 0.6) is 0 Å². The Kier molecular flexibility index (Phi) is 10.1. The Labute approximate surface area is 126 Å². The van der Waals surface area contributed by atoms with Gasteiger partial charge in [-0.1, -0.05) is 74.2 Å². The number of halogens is 1. The molecular formula is C15H29BrO3. The van der Waals surface area contributed by atoms with E-state index in [1.165, 1.54) is 51.4 Å². The predicted molar refractivity (Wildman–Crippen MR) is 81.6 cm³/mol. The number of unbranched alkanes of at least 4 members (excludes halogenated alkanes) is 7. The van der Waals surface area contributed by atoms with Crippen molar-refractivity contribution in [2.45, 2.75) is 81.9 Å². The van der Waals surface area contributed by atoms with Gasteiger partial charge in [0, 0.05) is 0 Å². The summed E-state index contributed by atoms with van der Waals surface area (Å²) >= 11 is 3.63. The maximum Gasteiger partial charge on any atom is 0.170 e. The van der Waals surface area contributed by atoms with E-state index in [1.54, 1.807) is 0 Å². The molecule has 3 nitrogen and oxygen atoms in total. The fourth-order valence-corrected chi connectivity index (χ4v) is 2.97. The second-order valence-electron chi connectivity index (χ2n) is 5.42. The summed E-state index contributed by atoms with van der Waals surface area (Å²) in [6, 6.07) is 0. The second kappa shape index (κ2) is 11.1. The Balaban J connectivity index is 1.91. The largest absolute Gasteiger partial charge is 0.394 e. The van der Waals surface area contributed by atoms with Crippen LogP contribution >= 0.6 is 15.9 Å². The molecule has 4 heteroatoms. The van der Waals surface area contributed by atoms with Gasteiger partial charge >= 0.3 is 0 Å². The van der Waals surface area contributed by atoms with E-state index >= 15 is 0 Å². The molecule has 1 aliphatic heterocycles. The third-order valence-corrected chi connectivity index (χ3v) is 4.49. The second-order valence-corrected chi connectivity index (χ2v) is 6.60. The number of rotatable bonds is 11. The zero-order valence-electron chi connectivity index (χ0n) is 12.2. The quantitative estimate of drug-likeness (QED) is 0.457. The Morgan fingerprint density at radius 1 is 1.11 bits per heavy atom. The van der Waals surface area contributed by atoms with Crippen molar-refractivity contribution in [1.29, 1.82) is 0 Å². The average molecular weight is 337 g/mol. The molecule has 0 aromatic heterocycles. The van der Waals surface area contributed by atoms with E-state index in [1.807, 2.05) is 0 Å². The SMILES string of the molecule is CCCCCCCCCCC(Br)C1OCC(CO)O1. The van der Waals surface area contributed by atoms with Crippen molar-refractivity contribution in [2.24, 2.45) is 0 Å². The lowest BCUT2D eigenvalue weighted by Gasteiger charge is -2.16. The van der Waals surface area contributed by atoms with Crippen molar-refractivity contribution in [1.82, 2.24) is 0 Å². The lowest BCUT2D eigenvalue weighted by atomic mass is 10.1. The molecule has 0 radical (unpaired) electrons. The highest BCUT2D eigenvalue weighted by Crippen LogP contribution is 2.24. The molecule has 1 rings (SSSR count). The lowest BCUT2D eigenvalue weighted by Crippen LogP contribution is -2.23. The number of aliphatic hydroxyl groups is 1. The molecule has 0 bridgehead atoms. The zero-order chi connectivity index (χ0) is 13.9. The predicted octanol–water partition coefficient (Wildman–Crippen LogP) is 4.01. The maximum atomic E-state index is 8.98. The molecule has 1 fully saturated rings. The summed E-state index contributed by atoms with van der Waals surface area (Å²) in [4.78, 5) is 0.254. The van der Waals surface area contributed by atoms with E-state index in [9.17, 15) is 0 Å². The fourth-order valence-electron chi connectivity index (χ4n) is 2.37. The van der Waals surface area contributed by atoms with Gasteiger partial charge in [-0.05, 0) is 6.42 Å². The van der Waals surface area contributed by atoms with E-state index in [0.29, 0.717) is 6.61 Å². The number of hydrogen-bond acceptors (Lipinski definition) is 3. The monoisotopic (exact) mass is 336 g/mol. The maximum absolute atomic E-state index is 8.98. The molecule has 1 N–H and O–H groups in total. The molecule has 1 aliphatic rings. The van der Waals surface area contributed by atoms with Gasteiger partial charge in [0.2, 0.25) is 0 Å². The summed E-state index contributed by atoms with van der Waals surface area (Å²) in [6.45, 7) is 2.82. The van der Waals surface area contributed by atoms with Crippen molar-refractivity contribution < 1.29 is 14.6 Å². The number of aliphatic hydroxyl groups excluding tert-OH is 1. The van der Waals surface area contributed by atoms with Gasteiger partial charge in [0.05, 0.1) is 18.0 Å². The highest BCUT2D eigenvalue weighted by molar-refractivity contribution is 9.09. The van der Waals surface area contributed by atoms with Gasteiger partial charge in [-0.2, -0.15) is 0 Å². The third-order valence-electron chi connectivity index (χ3n) is 3.61. The molecule has 0 saturated carbocycles. The van der Waals surface area contributed by atoms with Crippen LogP contribution in [0.25, 0.3) is 0 Å². The minimum absolute atomic E-state index is 0.0496. The molecule has 3 unspecified atom stereocenters. The van der Waals surface area contributed by atoms with Crippen molar-refractivity contribution in [3.63, 3.8) is 0 Å². The van der Waals surface area contributed by atoms with Crippen molar-refractivity contribution in [3.05, 3.63) is 0 Å². The van der Waals surface area contributed by atoms with E-state index in [2.05, 4.69) is 22.9 Å². The van der Waals surface area contributed by atoms with Gasteiger partial charge in [-0.3, -0.25) is 0 Å². The Morgan fingerprint density at radius 2 is 1.74 bits per heavy atom. The van der Waals surface area contributed by atoms with Gasteiger partial charge in [0.1, 0.15) is 6.10 Å².